The number of furan rings is 1. The number of aromatic amines is 2. The Bertz CT molecular complexity index is 2300. The molecule has 15 nitrogen and oxygen atoms in total. The number of rotatable bonds is 11. The van der Waals surface area contributed by atoms with Crippen molar-refractivity contribution in [2.75, 3.05) is 20.2 Å². The fraction of sp³-hybridized carbons (Fsp3) is 0.415. The minimum absolute atomic E-state index is 0.132. The van der Waals surface area contributed by atoms with E-state index in [-0.39, 0.29) is 35.7 Å². The van der Waals surface area contributed by atoms with Crippen LogP contribution in [0.3, 0.4) is 0 Å². The second kappa shape index (κ2) is 16.3. The minimum Gasteiger partial charge on any atom is -0.465 e. The molecule has 5 heterocycles. The number of carbonyl (C=O) groups excluding carboxylic acids is 3. The number of alkyl carbamates (subject to hydrolysis) is 1. The van der Waals surface area contributed by atoms with Crippen LogP contribution in [-0.4, -0.2) is 91.1 Å². The van der Waals surface area contributed by atoms with E-state index in [1.54, 1.807) is 22.2 Å². The quantitative estimate of drug-likeness (QED) is 0.0896. The molecule has 4 atom stereocenters. The summed E-state index contributed by atoms with van der Waals surface area (Å²) in [4.78, 5) is 69.9. The molecule has 0 unspecified atom stereocenters. The summed E-state index contributed by atoms with van der Waals surface area (Å²) in [6.07, 6.45) is 4.68. The zero-order valence-electron chi connectivity index (χ0n) is 32.5. The number of nitrogens with zero attached hydrogens (tertiary/aromatic N) is 4. The molecule has 0 saturated carbocycles. The lowest BCUT2D eigenvalue weighted by atomic mass is 10.0. The van der Waals surface area contributed by atoms with Crippen molar-refractivity contribution in [2.45, 2.75) is 77.5 Å². The number of carbonyl (C=O) groups is 4. The van der Waals surface area contributed by atoms with Crippen molar-refractivity contribution in [3.05, 3.63) is 71.5 Å². The van der Waals surface area contributed by atoms with E-state index >= 15 is 0 Å². The van der Waals surface area contributed by atoms with Gasteiger partial charge in [0.2, 0.25) is 11.8 Å². The van der Waals surface area contributed by atoms with Crippen LogP contribution in [0, 0.1) is 11.8 Å². The first-order chi connectivity index (χ1) is 27.3. The van der Waals surface area contributed by atoms with Gasteiger partial charge in [0.25, 0.3) is 0 Å². The van der Waals surface area contributed by atoms with E-state index in [1.807, 2.05) is 70.2 Å². The van der Waals surface area contributed by atoms with Crippen LogP contribution in [0.5, 0.6) is 0 Å². The van der Waals surface area contributed by atoms with Crippen LogP contribution in [-0.2, 0) is 14.3 Å². The van der Waals surface area contributed by atoms with Crippen molar-refractivity contribution in [1.29, 1.82) is 0 Å². The highest BCUT2D eigenvalue weighted by Crippen LogP contribution is 2.38. The Labute approximate surface area is 334 Å². The second-order valence-corrected chi connectivity index (χ2v) is 15.7. The highest BCUT2D eigenvalue weighted by Gasteiger charge is 2.39. The van der Waals surface area contributed by atoms with E-state index < -0.39 is 24.3 Å². The molecular formula is C41H47ClN8O7. The van der Waals surface area contributed by atoms with Crippen LogP contribution >= 0.6 is 11.6 Å². The monoisotopic (exact) mass is 798 g/mol. The lowest BCUT2D eigenvalue weighted by molar-refractivity contribution is -0.136. The third-order valence-corrected chi connectivity index (χ3v) is 11.2. The van der Waals surface area contributed by atoms with Gasteiger partial charge in [0, 0.05) is 35.2 Å². The Morgan fingerprint density at radius 3 is 1.89 bits per heavy atom. The Morgan fingerprint density at radius 2 is 1.37 bits per heavy atom. The number of halogens is 1. The molecule has 2 aliphatic rings. The highest BCUT2D eigenvalue weighted by atomic mass is 35.5. The summed E-state index contributed by atoms with van der Waals surface area (Å²) in [5, 5.41) is 15.7. The Hall–Kier alpha value is -5.83. The molecule has 4 amide bonds. The van der Waals surface area contributed by atoms with Crippen molar-refractivity contribution in [3.8, 4) is 33.8 Å². The second-order valence-electron chi connectivity index (χ2n) is 15.3. The van der Waals surface area contributed by atoms with Crippen LogP contribution in [0.1, 0.15) is 77.1 Å². The van der Waals surface area contributed by atoms with Crippen molar-refractivity contribution >= 4 is 46.6 Å². The molecule has 0 spiro atoms. The molecule has 7 rings (SSSR count). The lowest BCUT2D eigenvalue weighted by Gasteiger charge is -2.30. The highest BCUT2D eigenvalue weighted by molar-refractivity contribution is 6.33. The fourth-order valence-electron chi connectivity index (χ4n) is 7.86. The van der Waals surface area contributed by atoms with E-state index in [0.29, 0.717) is 41.1 Å². The Kier molecular flexibility index (Phi) is 11.3. The Balaban J connectivity index is 1.06. The maximum Gasteiger partial charge on any atom is 0.407 e. The molecule has 2 aliphatic heterocycles. The van der Waals surface area contributed by atoms with Gasteiger partial charge in [-0.1, -0.05) is 45.4 Å². The van der Waals surface area contributed by atoms with Gasteiger partial charge in [0.1, 0.15) is 35.1 Å². The van der Waals surface area contributed by atoms with Crippen molar-refractivity contribution in [2.24, 2.45) is 11.8 Å². The third kappa shape index (κ3) is 8.06. The number of ether oxygens (including phenoxy) is 1. The van der Waals surface area contributed by atoms with Gasteiger partial charge in [-0.25, -0.2) is 19.6 Å². The van der Waals surface area contributed by atoms with Gasteiger partial charge in [-0.05, 0) is 73.9 Å². The van der Waals surface area contributed by atoms with Gasteiger partial charge in [-0.2, -0.15) is 0 Å². The van der Waals surface area contributed by atoms with Crippen molar-refractivity contribution < 1.29 is 33.4 Å². The van der Waals surface area contributed by atoms with Gasteiger partial charge in [0.15, 0.2) is 0 Å². The number of likely N-dealkylation sites (tertiary alicyclic amines) is 2. The number of imidazole rings is 2. The zero-order chi connectivity index (χ0) is 40.5. The predicted molar refractivity (Wildman–Crippen MR) is 213 cm³/mol. The van der Waals surface area contributed by atoms with Crippen LogP contribution in [0.25, 0.3) is 44.8 Å². The summed E-state index contributed by atoms with van der Waals surface area (Å²) in [6.45, 7) is 8.49. The predicted octanol–water partition coefficient (Wildman–Crippen LogP) is 7.53. The Morgan fingerprint density at radius 1 is 0.825 bits per heavy atom. The smallest absolute Gasteiger partial charge is 0.407 e. The average Bonchev–Trinajstić information content (AvgIpc) is 4.03. The molecule has 0 radical (unpaired) electrons. The van der Waals surface area contributed by atoms with Gasteiger partial charge in [0.05, 0.1) is 48.0 Å². The van der Waals surface area contributed by atoms with Gasteiger partial charge >= 0.3 is 12.2 Å². The fourth-order valence-corrected chi connectivity index (χ4v) is 8.14. The molecule has 2 saturated heterocycles. The third-order valence-electron chi connectivity index (χ3n) is 10.9. The number of hydrogen-bond donors (Lipinski definition) is 5. The van der Waals surface area contributed by atoms with E-state index in [9.17, 15) is 24.3 Å². The number of benzene rings is 2. The lowest BCUT2D eigenvalue weighted by Crippen LogP contribution is -2.51. The number of amides is 4. The van der Waals surface area contributed by atoms with Crippen molar-refractivity contribution in [1.82, 2.24) is 40.4 Å². The number of hydrogen-bond acceptors (Lipinski definition) is 8. The summed E-state index contributed by atoms with van der Waals surface area (Å²) >= 11 is 6.88. The molecule has 0 bridgehead atoms. The van der Waals surface area contributed by atoms with Crippen molar-refractivity contribution in [3.63, 3.8) is 0 Å². The average molecular weight is 799 g/mol. The molecule has 2 aromatic carbocycles. The first-order valence-corrected chi connectivity index (χ1v) is 19.6. The first-order valence-electron chi connectivity index (χ1n) is 19.2. The van der Waals surface area contributed by atoms with E-state index in [4.69, 9.17) is 20.8 Å². The molecule has 2 fully saturated rings. The minimum atomic E-state index is -1.23. The summed E-state index contributed by atoms with van der Waals surface area (Å²) in [5.74, 6) is 1.15. The van der Waals surface area contributed by atoms with Gasteiger partial charge < -0.3 is 44.7 Å². The molecular weight excluding hydrogens is 752 g/mol. The molecule has 16 heteroatoms. The van der Waals surface area contributed by atoms with Crippen LogP contribution in [0.15, 0.2) is 59.3 Å². The SMILES string of the molecule is COC(=O)N[C@H](C(=O)N1CCC[C@H]1c1ncc(-c2ccc(-c3cc4cc(-c5cnc([C@@H]6CCCN6C(=O)[C@@H](NC(=O)O)C(C)C)[nH]5)ccc4o3)c(Cl)c2)[nH]1)C(C)C. The number of H-pyrrole nitrogens is 2. The van der Waals surface area contributed by atoms with Crippen LogP contribution < -0.4 is 10.6 Å². The number of aromatic nitrogens is 4. The van der Waals surface area contributed by atoms with E-state index in [1.165, 1.54) is 7.11 Å². The summed E-state index contributed by atoms with van der Waals surface area (Å²) < 4.78 is 11.0. The molecule has 3 aromatic heterocycles. The maximum atomic E-state index is 13.6. The molecule has 57 heavy (non-hydrogen) atoms. The first kappa shape index (κ1) is 39.4. The van der Waals surface area contributed by atoms with E-state index in [0.717, 1.165) is 59.1 Å². The molecule has 0 aliphatic carbocycles. The van der Waals surface area contributed by atoms with Gasteiger partial charge in [-0.15, -0.1) is 0 Å². The van der Waals surface area contributed by atoms with Crippen LogP contribution in [0.4, 0.5) is 9.59 Å². The van der Waals surface area contributed by atoms with Gasteiger partial charge in [-0.3, -0.25) is 9.59 Å². The number of nitrogens with one attached hydrogen (secondary N) is 4. The van der Waals surface area contributed by atoms with Crippen LogP contribution in [0.2, 0.25) is 5.02 Å². The number of carboxylic acid groups (broad SMARTS) is 1. The zero-order valence-corrected chi connectivity index (χ0v) is 33.2. The summed E-state index contributed by atoms with van der Waals surface area (Å²) in [6, 6.07) is 11.4. The summed E-state index contributed by atoms with van der Waals surface area (Å²) in [5.41, 5.74) is 4.63. The molecule has 5 aromatic rings. The molecule has 5 N–H and O–H groups in total. The number of fused-ring (bicyclic) bond motifs is 1. The maximum absolute atomic E-state index is 13.6. The largest absolute Gasteiger partial charge is 0.465 e. The topological polar surface area (TPSA) is 199 Å². The van der Waals surface area contributed by atoms with E-state index in [2.05, 4.69) is 30.6 Å². The number of methoxy groups -OCH3 is 1. The standard InChI is InChI=1S/C41H47ClN8O7/c1-21(2)34(47-40(53)54)38(51)49-14-6-8-30(49)36-43-19-28(45-36)23-11-13-32-25(16-23)18-33(57-32)26-12-10-24(17-27(26)42)29-20-44-37(46-29)31-9-7-15-50(31)39(52)35(22(3)4)48-41(55)56-5/h10-13,16-22,30-31,34-35,47H,6-9,14-15H2,1-5H3,(H,43,45)(H,44,46)(H,48,55)(H,53,54)/t30-,31-,34-,35-/m0/s1. The summed E-state index contributed by atoms with van der Waals surface area (Å²) in [7, 11) is 1.28. The normalized spacial score (nSPS) is 18.0. The molecule has 300 valence electrons.